The summed E-state index contributed by atoms with van der Waals surface area (Å²) >= 11 is 0. The minimum absolute atomic E-state index is 0.197. The molecule has 1 N–H and O–H groups in total. The molecule has 1 aliphatic heterocycles. The molecule has 3 fully saturated rings. The molecule has 2 unspecified atom stereocenters. The van der Waals surface area contributed by atoms with Gasteiger partial charge in [-0.05, 0) is 32.2 Å². The second-order valence-corrected chi connectivity index (χ2v) is 5.87. The zero-order chi connectivity index (χ0) is 11.9. The van der Waals surface area contributed by atoms with E-state index in [1.807, 2.05) is 0 Å². The molecule has 1 saturated heterocycles. The highest BCUT2D eigenvalue weighted by Gasteiger charge is 2.46. The lowest BCUT2D eigenvalue weighted by molar-refractivity contribution is -0.204. The van der Waals surface area contributed by atoms with Crippen LogP contribution in [-0.4, -0.2) is 54.7 Å². The molecule has 17 heavy (non-hydrogen) atoms. The summed E-state index contributed by atoms with van der Waals surface area (Å²) in [6.45, 7) is 2.52. The van der Waals surface area contributed by atoms with Crippen LogP contribution < -0.4 is 0 Å². The summed E-state index contributed by atoms with van der Waals surface area (Å²) in [4.78, 5) is 2.31. The van der Waals surface area contributed by atoms with Gasteiger partial charge in [0.2, 0.25) is 0 Å². The second kappa shape index (κ2) is 4.50. The van der Waals surface area contributed by atoms with Gasteiger partial charge in [-0.15, -0.1) is 0 Å². The Hall–Kier alpha value is -0.160. The van der Waals surface area contributed by atoms with Gasteiger partial charge in [0, 0.05) is 25.4 Å². The molecule has 3 aliphatic rings. The number of ether oxygens (including phenoxy) is 2. The van der Waals surface area contributed by atoms with Gasteiger partial charge >= 0.3 is 0 Å². The Morgan fingerprint density at radius 3 is 2.59 bits per heavy atom. The lowest BCUT2D eigenvalue weighted by Crippen LogP contribution is -2.52. The molecule has 3 rings (SSSR count). The van der Waals surface area contributed by atoms with Gasteiger partial charge < -0.3 is 19.5 Å². The van der Waals surface area contributed by atoms with Crippen molar-refractivity contribution in [1.82, 2.24) is 4.90 Å². The van der Waals surface area contributed by atoms with Crippen LogP contribution in [0.4, 0.5) is 0 Å². The molecular formula is C13H23NO3. The van der Waals surface area contributed by atoms with Crippen LogP contribution in [0.15, 0.2) is 0 Å². The summed E-state index contributed by atoms with van der Waals surface area (Å²) in [7, 11) is 2.13. The summed E-state index contributed by atoms with van der Waals surface area (Å²) < 4.78 is 11.5. The maximum atomic E-state index is 10.2. The molecule has 0 radical (unpaired) electrons. The minimum atomic E-state index is -0.387. The van der Waals surface area contributed by atoms with Crippen LogP contribution >= 0.6 is 0 Å². The number of hydrogen-bond donors (Lipinski definition) is 1. The number of likely N-dealkylation sites (N-methyl/N-ethyl adjacent to an activating group) is 1. The number of nitrogens with zero attached hydrogens (tertiary/aromatic N) is 1. The van der Waals surface area contributed by atoms with Crippen LogP contribution in [0.1, 0.15) is 32.1 Å². The summed E-state index contributed by atoms with van der Waals surface area (Å²) in [6, 6.07) is 0.197. The zero-order valence-electron chi connectivity index (χ0n) is 10.6. The lowest BCUT2D eigenvalue weighted by Gasteiger charge is -2.43. The molecule has 0 bridgehead atoms. The van der Waals surface area contributed by atoms with Gasteiger partial charge in [-0.25, -0.2) is 0 Å². The van der Waals surface area contributed by atoms with Crippen molar-refractivity contribution in [3.05, 3.63) is 0 Å². The van der Waals surface area contributed by atoms with E-state index in [0.717, 1.165) is 31.7 Å². The highest BCUT2D eigenvalue weighted by atomic mass is 16.7. The van der Waals surface area contributed by atoms with Crippen LogP contribution in [0.25, 0.3) is 0 Å². The highest BCUT2D eigenvalue weighted by Crippen LogP contribution is 2.39. The quantitative estimate of drug-likeness (QED) is 0.800. The Bertz CT molecular complexity index is 274. The first-order valence-electron chi connectivity index (χ1n) is 6.85. The standard InChI is InChI=1S/C13H23NO3/c1-14(9-10-2-3-10)11-8-13(5-4-12(11)15)16-6-7-17-13/h10-12,15H,2-9H2,1H3. The number of rotatable bonds is 3. The van der Waals surface area contributed by atoms with Crippen molar-refractivity contribution in [3.8, 4) is 0 Å². The SMILES string of the molecule is CN(CC1CC1)C1CC2(CCC1O)OCCO2. The molecule has 4 nitrogen and oxygen atoms in total. The topological polar surface area (TPSA) is 41.9 Å². The third kappa shape index (κ3) is 2.50. The normalized spacial score (nSPS) is 36.9. The maximum Gasteiger partial charge on any atom is 0.170 e. The van der Waals surface area contributed by atoms with Crippen LogP contribution in [0.5, 0.6) is 0 Å². The van der Waals surface area contributed by atoms with Crippen molar-refractivity contribution >= 4 is 0 Å². The third-order valence-corrected chi connectivity index (χ3v) is 4.41. The van der Waals surface area contributed by atoms with Crippen molar-refractivity contribution in [1.29, 1.82) is 0 Å². The van der Waals surface area contributed by atoms with Crippen molar-refractivity contribution in [2.24, 2.45) is 5.92 Å². The van der Waals surface area contributed by atoms with Crippen LogP contribution in [0.2, 0.25) is 0 Å². The Kier molecular flexibility index (Phi) is 3.15. The largest absolute Gasteiger partial charge is 0.391 e. The smallest absolute Gasteiger partial charge is 0.170 e. The van der Waals surface area contributed by atoms with E-state index in [0.29, 0.717) is 13.2 Å². The fraction of sp³-hybridized carbons (Fsp3) is 1.00. The van der Waals surface area contributed by atoms with E-state index in [-0.39, 0.29) is 17.9 Å². The molecule has 98 valence electrons. The summed E-state index contributed by atoms with van der Waals surface area (Å²) in [5.41, 5.74) is 0. The van der Waals surface area contributed by atoms with E-state index in [1.54, 1.807) is 0 Å². The Morgan fingerprint density at radius 1 is 1.24 bits per heavy atom. The molecule has 2 saturated carbocycles. The fourth-order valence-electron chi connectivity index (χ4n) is 3.17. The zero-order valence-corrected chi connectivity index (χ0v) is 10.6. The van der Waals surface area contributed by atoms with Gasteiger partial charge in [0.15, 0.2) is 5.79 Å². The Labute approximate surface area is 103 Å². The van der Waals surface area contributed by atoms with Crippen LogP contribution in [-0.2, 0) is 9.47 Å². The minimum Gasteiger partial charge on any atom is -0.391 e. The van der Waals surface area contributed by atoms with Gasteiger partial charge in [-0.2, -0.15) is 0 Å². The Morgan fingerprint density at radius 2 is 1.94 bits per heavy atom. The summed E-state index contributed by atoms with van der Waals surface area (Å²) in [5, 5.41) is 10.2. The average Bonchev–Trinajstić information content (AvgIpc) is 3.02. The first-order chi connectivity index (χ1) is 8.19. The van der Waals surface area contributed by atoms with Crippen molar-refractivity contribution in [2.45, 2.75) is 50.0 Å². The van der Waals surface area contributed by atoms with Crippen molar-refractivity contribution in [2.75, 3.05) is 26.8 Å². The molecular weight excluding hydrogens is 218 g/mol. The van der Waals surface area contributed by atoms with Gasteiger partial charge in [0.05, 0.1) is 19.3 Å². The van der Waals surface area contributed by atoms with Crippen LogP contribution in [0, 0.1) is 5.92 Å². The molecule has 2 aliphatic carbocycles. The molecule has 1 heterocycles. The first-order valence-corrected chi connectivity index (χ1v) is 6.85. The molecule has 4 heteroatoms. The fourth-order valence-corrected chi connectivity index (χ4v) is 3.17. The van der Waals surface area contributed by atoms with E-state index in [9.17, 15) is 5.11 Å². The molecule has 2 atom stereocenters. The van der Waals surface area contributed by atoms with Gasteiger partial charge in [0.25, 0.3) is 0 Å². The van der Waals surface area contributed by atoms with E-state index < -0.39 is 0 Å². The number of hydrogen-bond acceptors (Lipinski definition) is 4. The van der Waals surface area contributed by atoms with Gasteiger partial charge in [0.1, 0.15) is 0 Å². The third-order valence-electron chi connectivity index (χ3n) is 4.41. The number of aliphatic hydroxyl groups is 1. The number of aliphatic hydroxyl groups excluding tert-OH is 1. The molecule has 0 amide bonds. The molecule has 0 aromatic rings. The lowest BCUT2D eigenvalue weighted by atomic mass is 9.86. The summed E-state index contributed by atoms with van der Waals surface area (Å²) in [5.74, 6) is 0.470. The van der Waals surface area contributed by atoms with E-state index in [2.05, 4.69) is 11.9 Å². The highest BCUT2D eigenvalue weighted by molar-refractivity contribution is 4.93. The Balaban J connectivity index is 1.63. The average molecular weight is 241 g/mol. The van der Waals surface area contributed by atoms with Crippen LogP contribution in [0.3, 0.4) is 0 Å². The van der Waals surface area contributed by atoms with E-state index in [4.69, 9.17) is 9.47 Å². The van der Waals surface area contributed by atoms with Gasteiger partial charge in [-0.3, -0.25) is 0 Å². The molecule has 1 spiro atoms. The molecule has 0 aromatic carbocycles. The molecule has 0 aromatic heterocycles. The predicted molar refractivity (Wildman–Crippen MR) is 63.6 cm³/mol. The van der Waals surface area contributed by atoms with Crippen molar-refractivity contribution < 1.29 is 14.6 Å². The summed E-state index contributed by atoms with van der Waals surface area (Å²) in [6.07, 6.45) is 4.92. The van der Waals surface area contributed by atoms with Gasteiger partial charge in [-0.1, -0.05) is 0 Å². The predicted octanol–water partition coefficient (Wildman–Crippen LogP) is 0.985. The monoisotopic (exact) mass is 241 g/mol. The first kappa shape index (κ1) is 11.9. The second-order valence-electron chi connectivity index (χ2n) is 5.87. The maximum absolute atomic E-state index is 10.2. The van der Waals surface area contributed by atoms with E-state index in [1.165, 1.54) is 12.8 Å². The van der Waals surface area contributed by atoms with E-state index >= 15 is 0 Å². The van der Waals surface area contributed by atoms with Crippen molar-refractivity contribution in [3.63, 3.8) is 0 Å².